The number of esters is 1. The van der Waals surface area contributed by atoms with Crippen molar-refractivity contribution in [3.8, 4) is 0 Å². The molecule has 0 aliphatic carbocycles. The highest BCUT2D eigenvalue weighted by Gasteiger charge is 2.29. The van der Waals surface area contributed by atoms with Crippen molar-refractivity contribution in [1.29, 1.82) is 5.41 Å². The topological polar surface area (TPSA) is 67.2 Å². The van der Waals surface area contributed by atoms with Gasteiger partial charge in [0, 0.05) is 12.6 Å². The highest BCUT2D eigenvalue weighted by Crippen LogP contribution is 2.08. The van der Waals surface area contributed by atoms with Gasteiger partial charge in [0.15, 0.2) is 5.78 Å². The summed E-state index contributed by atoms with van der Waals surface area (Å²) in [6.07, 6.45) is 1.07. The van der Waals surface area contributed by atoms with Gasteiger partial charge in [-0.2, -0.15) is 0 Å². The monoisotopic (exact) mass is 141 g/mol. The van der Waals surface area contributed by atoms with Gasteiger partial charge in [-0.3, -0.25) is 9.59 Å². The number of cyclic esters (lactones) is 1. The van der Waals surface area contributed by atoms with Crippen LogP contribution in [0.2, 0.25) is 0 Å². The van der Waals surface area contributed by atoms with E-state index in [1.54, 1.807) is 0 Å². The summed E-state index contributed by atoms with van der Waals surface area (Å²) in [5.41, 5.74) is 0. The molecule has 1 atom stereocenters. The van der Waals surface area contributed by atoms with E-state index in [0.717, 1.165) is 6.21 Å². The first-order valence-electron chi connectivity index (χ1n) is 2.95. The normalized spacial score (nSPS) is 25.8. The number of carbonyl (C=O) groups is 2. The minimum absolute atomic E-state index is 0.169. The maximum atomic E-state index is 10.8. The highest BCUT2D eigenvalue weighted by molar-refractivity contribution is 6.12. The molecule has 54 valence electrons. The van der Waals surface area contributed by atoms with Crippen LogP contribution in [-0.2, 0) is 14.3 Å². The van der Waals surface area contributed by atoms with E-state index >= 15 is 0 Å². The number of ether oxygens (including phenoxy) is 1. The molecule has 0 radical (unpaired) electrons. The van der Waals surface area contributed by atoms with Crippen LogP contribution in [0.15, 0.2) is 0 Å². The van der Waals surface area contributed by atoms with Crippen LogP contribution in [0.4, 0.5) is 0 Å². The van der Waals surface area contributed by atoms with Crippen LogP contribution < -0.4 is 0 Å². The second kappa shape index (κ2) is 2.60. The van der Waals surface area contributed by atoms with Crippen LogP contribution in [0.1, 0.15) is 6.42 Å². The lowest BCUT2D eigenvalue weighted by atomic mass is 10.0. The molecule has 10 heavy (non-hydrogen) atoms. The lowest BCUT2D eigenvalue weighted by molar-refractivity contribution is -0.154. The Hall–Kier alpha value is -1.19. The third kappa shape index (κ3) is 1.05. The fourth-order valence-electron chi connectivity index (χ4n) is 0.790. The van der Waals surface area contributed by atoms with Gasteiger partial charge in [0.1, 0.15) is 5.92 Å². The molecular formula is C6H7NO3. The standard InChI is InChI=1S/C6H7NO3/c7-3-4-5(8)1-2-10-6(4)9/h3-4,7H,1-2H2/t4-/m1/s1. The Balaban J connectivity index is 2.71. The molecule has 1 saturated heterocycles. The van der Waals surface area contributed by atoms with E-state index < -0.39 is 11.9 Å². The van der Waals surface area contributed by atoms with Gasteiger partial charge in [-0.15, -0.1) is 0 Å². The second-order valence-electron chi connectivity index (χ2n) is 2.03. The van der Waals surface area contributed by atoms with Gasteiger partial charge < -0.3 is 10.1 Å². The summed E-state index contributed by atoms with van der Waals surface area (Å²) in [5, 5.41) is 6.71. The minimum Gasteiger partial charge on any atom is -0.464 e. The summed E-state index contributed by atoms with van der Waals surface area (Å²) >= 11 is 0. The van der Waals surface area contributed by atoms with Gasteiger partial charge in [-0.25, -0.2) is 0 Å². The van der Waals surface area contributed by atoms with Crippen molar-refractivity contribution in [2.75, 3.05) is 6.61 Å². The fourth-order valence-corrected chi connectivity index (χ4v) is 0.790. The van der Waals surface area contributed by atoms with Gasteiger partial charge >= 0.3 is 5.97 Å². The average molecular weight is 141 g/mol. The molecule has 4 nitrogen and oxygen atoms in total. The van der Waals surface area contributed by atoms with Crippen LogP contribution in [-0.4, -0.2) is 24.6 Å². The maximum Gasteiger partial charge on any atom is 0.321 e. The number of hydrogen-bond acceptors (Lipinski definition) is 4. The van der Waals surface area contributed by atoms with Crippen molar-refractivity contribution in [2.45, 2.75) is 6.42 Å². The first-order valence-corrected chi connectivity index (χ1v) is 2.95. The Kier molecular flexibility index (Phi) is 1.80. The number of ketones is 1. The molecule has 1 N–H and O–H groups in total. The number of Topliss-reactive ketones (excluding diaryl/α,β-unsaturated/α-hetero) is 1. The van der Waals surface area contributed by atoms with Crippen LogP contribution >= 0.6 is 0 Å². The summed E-state index contributed by atoms with van der Waals surface area (Å²) in [7, 11) is 0. The Labute approximate surface area is 57.7 Å². The molecule has 4 heteroatoms. The van der Waals surface area contributed by atoms with E-state index in [1.165, 1.54) is 0 Å². The maximum absolute atomic E-state index is 10.8. The number of nitrogens with one attached hydrogen (secondary N) is 1. The van der Waals surface area contributed by atoms with Crippen molar-refractivity contribution >= 4 is 18.0 Å². The van der Waals surface area contributed by atoms with Crippen molar-refractivity contribution in [3.63, 3.8) is 0 Å². The predicted octanol–water partition coefficient (Wildman–Crippen LogP) is -0.232. The highest BCUT2D eigenvalue weighted by atomic mass is 16.5. The van der Waals surface area contributed by atoms with Crippen molar-refractivity contribution < 1.29 is 14.3 Å². The number of hydrogen-bond donors (Lipinski definition) is 1. The first kappa shape index (κ1) is 6.92. The van der Waals surface area contributed by atoms with Gasteiger partial charge in [0.2, 0.25) is 0 Å². The van der Waals surface area contributed by atoms with Gasteiger partial charge in [0.05, 0.1) is 6.61 Å². The summed E-state index contributed by atoms with van der Waals surface area (Å²) in [5.74, 6) is -1.74. The Bertz CT molecular complexity index is 171. The largest absolute Gasteiger partial charge is 0.464 e. The Morgan fingerprint density at radius 2 is 2.30 bits per heavy atom. The van der Waals surface area contributed by atoms with Crippen LogP contribution in [0.25, 0.3) is 0 Å². The molecule has 1 aliphatic heterocycles. The molecule has 0 aromatic heterocycles. The van der Waals surface area contributed by atoms with E-state index in [-0.39, 0.29) is 18.8 Å². The molecule has 0 saturated carbocycles. The molecule has 0 amide bonds. The molecular weight excluding hydrogens is 134 g/mol. The summed E-state index contributed by atoms with van der Waals surface area (Å²) < 4.78 is 4.54. The lowest BCUT2D eigenvalue weighted by Crippen LogP contribution is -2.33. The Morgan fingerprint density at radius 1 is 1.60 bits per heavy atom. The van der Waals surface area contributed by atoms with Crippen molar-refractivity contribution in [1.82, 2.24) is 0 Å². The fraction of sp³-hybridized carbons (Fsp3) is 0.500. The second-order valence-corrected chi connectivity index (χ2v) is 2.03. The van der Waals surface area contributed by atoms with E-state index in [2.05, 4.69) is 4.74 Å². The van der Waals surface area contributed by atoms with E-state index in [4.69, 9.17) is 5.41 Å². The van der Waals surface area contributed by atoms with Crippen molar-refractivity contribution in [3.05, 3.63) is 0 Å². The third-order valence-corrected chi connectivity index (χ3v) is 1.36. The van der Waals surface area contributed by atoms with Crippen LogP contribution in [0.3, 0.4) is 0 Å². The predicted molar refractivity (Wildman–Crippen MR) is 32.9 cm³/mol. The quantitative estimate of drug-likeness (QED) is 0.311. The van der Waals surface area contributed by atoms with Crippen LogP contribution in [0.5, 0.6) is 0 Å². The first-order chi connectivity index (χ1) is 4.75. The van der Waals surface area contributed by atoms with E-state index in [0.29, 0.717) is 0 Å². The molecule has 1 aliphatic rings. The average Bonchev–Trinajstić information content (AvgIpc) is 1.88. The molecule has 0 bridgehead atoms. The summed E-state index contributed by atoms with van der Waals surface area (Å²) in [6.45, 7) is 0.169. The van der Waals surface area contributed by atoms with Crippen molar-refractivity contribution in [2.24, 2.45) is 5.92 Å². The minimum atomic E-state index is -0.936. The zero-order valence-electron chi connectivity index (χ0n) is 5.29. The van der Waals surface area contributed by atoms with Gasteiger partial charge in [-0.05, 0) is 0 Å². The Morgan fingerprint density at radius 3 is 2.70 bits per heavy atom. The molecule has 0 aromatic carbocycles. The molecule has 0 aromatic rings. The zero-order valence-corrected chi connectivity index (χ0v) is 5.29. The van der Waals surface area contributed by atoms with E-state index in [9.17, 15) is 9.59 Å². The summed E-state index contributed by atoms with van der Waals surface area (Å²) in [4.78, 5) is 21.4. The molecule has 0 spiro atoms. The van der Waals surface area contributed by atoms with E-state index in [1.807, 2.05) is 0 Å². The van der Waals surface area contributed by atoms with Gasteiger partial charge in [0.25, 0.3) is 0 Å². The SMILES string of the molecule is N=C[C@@H]1C(=O)CCOC1=O. The third-order valence-electron chi connectivity index (χ3n) is 1.36. The molecule has 1 rings (SSSR count). The molecule has 0 unspecified atom stereocenters. The summed E-state index contributed by atoms with van der Waals surface area (Å²) in [6, 6.07) is 0. The zero-order chi connectivity index (χ0) is 7.56. The smallest absolute Gasteiger partial charge is 0.321 e. The van der Waals surface area contributed by atoms with Crippen LogP contribution in [0, 0.1) is 11.3 Å². The lowest BCUT2D eigenvalue weighted by Gasteiger charge is -2.15. The number of rotatable bonds is 1. The molecule has 1 heterocycles. The number of carbonyl (C=O) groups excluding carboxylic acids is 2. The molecule has 1 fully saturated rings. The van der Waals surface area contributed by atoms with Gasteiger partial charge in [-0.1, -0.05) is 0 Å².